The number of rotatable bonds is 16. The van der Waals surface area contributed by atoms with Crippen LogP contribution in [-0.4, -0.2) is 80.3 Å². The van der Waals surface area contributed by atoms with E-state index in [1.54, 1.807) is 19.1 Å². The summed E-state index contributed by atoms with van der Waals surface area (Å²) in [4.78, 5) is 60.2. The summed E-state index contributed by atoms with van der Waals surface area (Å²) in [5.41, 5.74) is 5.82. The van der Waals surface area contributed by atoms with Gasteiger partial charge >= 0.3 is 11.7 Å². The second kappa shape index (κ2) is 14.1. The third kappa shape index (κ3) is 9.71. The highest BCUT2D eigenvalue weighted by molar-refractivity contribution is 8.00. The van der Waals surface area contributed by atoms with Crippen molar-refractivity contribution in [1.82, 2.24) is 25.1 Å². The number of ketones is 2. The molecule has 0 bridgehead atoms. The lowest BCUT2D eigenvalue weighted by Gasteiger charge is -2.21. The molecule has 0 saturated heterocycles. The number of amides is 1. The average molecular weight is 585 g/mol. The van der Waals surface area contributed by atoms with Gasteiger partial charge in [0, 0.05) is 25.6 Å². The maximum Gasteiger partial charge on any atom is 0.364 e. The van der Waals surface area contributed by atoms with Crippen molar-refractivity contribution < 1.29 is 32.7 Å². The van der Waals surface area contributed by atoms with Crippen LogP contribution < -0.4 is 16.7 Å². The van der Waals surface area contributed by atoms with E-state index < -0.39 is 62.8 Å². The van der Waals surface area contributed by atoms with Crippen molar-refractivity contribution in [2.75, 3.05) is 11.5 Å². The van der Waals surface area contributed by atoms with E-state index in [9.17, 15) is 32.4 Å². The number of carbonyl (C=O) groups excluding carboxylic acids is 3. The predicted octanol–water partition coefficient (Wildman–Crippen LogP) is -0.394. The molecule has 16 heteroatoms. The molecule has 39 heavy (non-hydrogen) atoms. The Bertz CT molecular complexity index is 1350. The van der Waals surface area contributed by atoms with Crippen LogP contribution >= 0.6 is 11.8 Å². The first-order valence-corrected chi connectivity index (χ1v) is 14.6. The minimum absolute atomic E-state index is 0.0276. The molecule has 1 aromatic carbocycles. The van der Waals surface area contributed by atoms with E-state index in [1.165, 1.54) is 26.1 Å². The lowest BCUT2D eigenvalue weighted by atomic mass is 10.1. The molecule has 1 aromatic heterocycles. The van der Waals surface area contributed by atoms with Gasteiger partial charge in [0.15, 0.2) is 15.6 Å². The number of aromatic nitrogens is 4. The van der Waals surface area contributed by atoms with E-state index in [-0.39, 0.29) is 35.7 Å². The molecule has 0 aliphatic heterocycles. The van der Waals surface area contributed by atoms with Crippen LogP contribution in [0, 0.1) is 6.92 Å². The van der Waals surface area contributed by atoms with Gasteiger partial charge in [-0.2, -0.15) is 9.36 Å². The number of carboxylic acid groups (broad SMARTS) is 1. The Morgan fingerprint density at radius 2 is 1.74 bits per heavy atom. The van der Waals surface area contributed by atoms with E-state index in [4.69, 9.17) is 10.8 Å². The highest BCUT2D eigenvalue weighted by Gasteiger charge is 2.29. The smallest absolute Gasteiger partial charge is 0.364 e. The molecule has 14 nitrogen and oxygen atoms in total. The first kappa shape index (κ1) is 31.8. The molecule has 3 atom stereocenters. The zero-order valence-electron chi connectivity index (χ0n) is 21.8. The summed E-state index contributed by atoms with van der Waals surface area (Å²) < 4.78 is 28.1. The molecule has 1 amide bonds. The van der Waals surface area contributed by atoms with Gasteiger partial charge < -0.3 is 16.2 Å². The third-order valence-corrected chi connectivity index (χ3v) is 8.96. The van der Waals surface area contributed by atoms with Gasteiger partial charge in [-0.1, -0.05) is 17.7 Å². The van der Waals surface area contributed by atoms with Crippen LogP contribution in [0.2, 0.25) is 0 Å². The maximum absolute atomic E-state index is 13.2. The molecular weight excluding hydrogens is 552 g/mol. The molecule has 1 heterocycles. The van der Waals surface area contributed by atoms with Gasteiger partial charge in [-0.15, -0.1) is 11.8 Å². The fraction of sp³-hybridized carbons (Fsp3) is 0.522. The van der Waals surface area contributed by atoms with Crippen molar-refractivity contribution in [2.45, 2.75) is 61.9 Å². The summed E-state index contributed by atoms with van der Waals surface area (Å²) in [6.45, 7) is 3.09. The van der Waals surface area contributed by atoms with Crippen LogP contribution in [0.25, 0.3) is 0 Å². The molecule has 0 fully saturated rings. The average Bonchev–Trinajstić information content (AvgIpc) is 3.20. The lowest BCUT2D eigenvalue weighted by molar-refractivity contribution is -0.138. The van der Waals surface area contributed by atoms with Crippen molar-refractivity contribution >= 4 is 45.0 Å². The Morgan fingerprint density at radius 1 is 1.10 bits per heavy atom. The third-order valence-electron chi connectivity index (χ3n) is 5.73. The van der Waals surface area contributed by atoms with Gasteiger partial charge in [0.05, 0.1) is 29.2 Å². The van der Waals surface area contributed by atoms with Crippen molar-refractivity contribution in [3.8, 4) is 0 Å². The summed E-state index contributed by atoms with van der Waals surface area (Å²) in [6, 6.07) is 4.09. The van der Waals surface area contributed by atoms with Crippen LogP contribution in [-0.2, 0) is 36.1 Å². The van der Waals surface area contributed by atoms with E-state index >= 15 is 0 Å². The summed E-state index contributed by atoms with van der Waals surface area (Å²) in [5.74, 6) is -3.47. The van der Waals surface area contributed by atoms with Crippen molar-refractivity contribution in [3.63, 3.8) is 0 Å². The van der Waals surface area contributed by atoms with Gasteiger partial charge in [-0.05, 0) is 42.8 Å². The van der Waals surface area contributed by atoms with Gasteiger partial charge in [-0.25, -0.2) is 13.2 Å². The number of tetrazole rings is 1. The number of aryl methyl sites for hydroxylation is 2. The highest BCUT2D eigenvalue weighted by atomic mass is 32.2. The fourth-order valence-electron chi connectivity index (χ4n) is 3.31. The monoisotopic (exact) mass is 584 g/mol. The van der Waals surface area contributed by atoms with Crippen LogP contribution in [0.4, 0.5) is 0 Å². The van der Waals surface area contributed by atoms with E-state index in [0.29, 0.717) is 0 Å². The Labute approximate surface area is 229 Å². The number of hydrogen-bond acceptors (Lipinski definition) is 11. The summed E-state index contributed by atoms with van der Waals surface area (Å²) in [5, 5.41) is 17.7. The number of hydrogen-bond donors (Lipinski definition) is 3. The van der Waals surface area contributed by atoms with Gasteiger partial charge in [0.25, 0.3) is 0 Å². The number of benzene rings is 1. The van der Waals surface area contributed by atoms with Crippen LogP contribution in [0.5, 0.6) is 0 Å². The molecule has 0 aliphatic carbocycles. The molecule has 0 radical (unpaired) electrons. The number of nitrogens with two attached hydrogens (primary N) is 1. The zero-order chi connectivity index (χ0) is 29.3. The van der Waals surface area contributed by atoms with Crippen LogP contribution in [0.1, 0.15) is 43.5 Å². The molecular formula is C23H32N6O8S2. The minimum atomic E-state index is -3.92. The number of nitrogens with one attached hydrogen (secondary N) is 1. The molecule has 4 N–H and O–H groups in total. The second-order valence-corrected chi connectivity index (χ2v) is 12.2. The Morgan fingerprint density at radius 3 is 2.28 bits per heavy atom. The molecule has 2 aromatic rings. The van der Waals surface area contributed by atoms with Crippen LogP contribution in [0.3, 0.4) is 0 Å². The summed E-state index contributed by atoms with van der Waals surface area (Å²) in [6.07, 6.45) is -0.981. The van der Waals surface area contributed by atoms with E-state index in [0.717, 1.165) is 26.7 Å². The fourth-order valence-corrected chi connectivity index (χ4v) is 6.45. The number of carbonyl (C=O) groups is 4. The molecule has 0 spiro atoms. The number of thioether (sulfide) groups is 1. The molecule has 2 rings (SSSR count). The molecule has 0 aliphatic rings. The molecule has 0 saturated carbocycles. The molecule has 214 valence electrons. The first-order chi connectivity index (χ1) is 18.2. The number of nitrogens with zero attached hydrogens (tertiary/aromatic N) is 4. The second-order valence-electron chi connectivity index (χ2n) is 8.95. The highest BCUT2D eigenvalue weighted by Crippen LogP contribution is 2.27. The van der Waals surface area contributed by atoms with Gasteiger partial charge in [0.2, 0.25) is 5.91 Å². The zero-order valence-corrected chi connectivity index (χ0v) is 23.4. The summed E-state index contributed by atoms with van der Waals surface area (Å²) >= 11 is 0.875. The Hall–Kier alpha value is -3.37. The standard InChI is InChI=1S/C23H32N6O8S2/c1-14-4-6-16(7-5-14)39(36,37)13-21(29-23(35)28(3)26-27-29)38-12-18(19(31)9-11-22(33)34)25-20(32)10-8-17(24)15(2)30/h4-7,17-18,21H,8-13,24H2,1-3H3,(H,25,32)(H,33,34)/t17-,18-,21?/m0/s1. The van der Waals surface area contributed by atoms with Crippen LogP contribution in [0.15, 0.2) is 34.0 Å². The quantitative estimate of drug-likeness (QED) is 0.230. The van der Waals surface area contributed by atoms with E-state index in [1.807, 2.05) is 0 Å². The van der Waals surface area contributed by atoms with Crippen molar-refractivity contribution in [2.24, 2.45) is 12.8 Å². The Balaban J connectivity index is 2.28. The van der Waals surface area contributed by atoms with Gasteiger partial charge in [0.1, 0.15) is 11.2 Å². The number of carboxylic acids is 1. The van der Waals surface area contributed by atoms with E-state index in [2.05, 4.69) is 15.7 Å². The number of aliphatic carboxylic acids is 1. The SMILES string of the molecule is CC(=O)[C@@H](N)CCC(=O)N[C@@H](CSC(CS(=O)(=O)c1ccc(C)cc1)n1nnn(C)c1=O)C(=O)CCC(=O)O. The maximum atomic E-state index is 13.2. The topological polar surface area (TPSA) is 213 Å². The van der Waals surface area contributed by atoms with Crippen molar-refractivity contribution in [1.29, 1.82) is 0 Å². The first-order valence-electron chi connectivity index (χ1n) is 11.9. The minimum Gasteiger partial charge on any atom is -0.481 e. The largest absolute Gasteiger partial charge is 0.481 e. The molecule has 1 unspecified atom stereocenters. The predicted molar refractivity (Wildman–Crippen MR) is 142 cm³/mol. The number of sulfone groups is 1. The Kier molecular flexibility index (Phi) is 11.5. The van der Waals surface area contributed by atoms with Crippen molar-refractivity contribution in [3.05, 3.63) is 40.3 Å². The van der Waals surface area contributed by atoms with Gasteiger partial charge in [-0.3, -0.25) is 19.2 Å². The number of Topliss-reactive ketones (excluding diaryl/α,β-unsaturated/α-hetero) is 2. The summed E-state index contributed by atoms with van der Waals surface area (Å²) in [7, 11) is -2.58. The normalized spacial score (nSPS) is 13.8. The lowest BCUT2D eigenvalue weighted by Crippen LogP contribution is -2.44.